The van der Waals surface area contributed by atoms with Crippen LogP contribution in [0, 0.1) is 0 Å². The highest BCUT2D eigenvalue weighted by Gasteiger charge is 2.46. The van der Waals surface area contributed by atoms with Gasteiger partial charge in [0, 0.05) is 12.8 Å². The van der Waals surface area contributed by atoms with Crippen LogP contribution in [-0.4, -0.2) is 27.8 Å². The first-order chi connectivity index (χ1) is 7.20. The fraction of sp³-hybridized carbons (Fsp3) is 0.455. The highest BCUT2D eigenvalue weighted by atomic mass is 16.4. The van der Waals surface area contributed by atoms with Gasteiger partial charge in [0.15, 0.2) is 0 Å². The van der Waals surface area contributed by atoms with Crippen LogP contribution >= 0.6 is 0 Å². The lowest BCUT2D eigenvalue weighted by molar-refractivity contribution is -0.144. The van der Waals surface area contributed by atoms with Gasteiger partial charge in [0.1, 0.15) is 5.41 Å². The lowest BCUT2D eigenvalue weighted by atomic mass is 9.82. The van der Waals surface area contributed by atoms with Crippen LogP contribution < -0.4 is 0 Å². The number of aromatic nitrogens is 1. The lowest BCUT2D eigenvalue weighted by Gasteiger charge is -2.23. The molecule has 4 nitrogen and oxygen atoms in total. The number of aryl methyl sites for hydroxylation is 1. The Balaban J connectivity index is 2.49. The fourth-order valence-electron chi connectivity index (χ4n) is 2.29. The SMILES string of the molecule is O=C(O)C1(CCO)CCc2cccnc21. The Labute approximate surface area is 87.6 Å². The highest BCUT2D eigenvalue weighted by molar-refractivity contribution is 5.82. The molecule has 2 rings (SSSR count). The number of carboxylic acid groups (broad SMARTS) is 1. The average molecular weight is 207 g/mol. The number of pyridine rings is 1. The Morgan fingerprint density at radius 1 is 1.60 bits per heavy atom. The molecule has 0 amide bonds. The quantitative estimate of drug-likeness (QED) is 0.766. The van der Waals surface area contributed by atoms with Crippen molar-refractivity contribution in [2.75, 3.05) is 6.61 Å². The number of hydrogen-bond acceptors (Lipinski definition) is 3. The molecule has 0 aromatic carbocycles. The van der Waals surface area contributed by atoms with Crippen LogP contribution in [0.15, 0.2) is 18.3 Å². The molecule has 1 aromatic heterocycles. The lowest BCUT2D eigenvalue weighted by Crippen LogP contribution is -2.35. The molecule has 0 aliphatic heterocycles. The molecule has 0 saturated heterocycles. The van der Waals surface area contributed by atoms with Gasteiger partial charge in [0.05, 0.1) is 5.69 Å². The van der Waals surface area contributed by atoms with E-state index in [1.165, 1.54) is 0 Å². The molecule has 1 unspecified atom stereocenters. The van der Waals surface area contributed by atoms with Gasteiger partial charge in [-0.05, 0) is 30.9 Å². The van der Waals surface area contributed by atoms with E-state index in [9.17, 15) is 9.90 Å². The molecule has 1 aliphatic carbocycles. The summed E-state index contributed by atoms with van der Waals surface area (Å²) in [7, 11) is 0. The summed E-state index contributed by atoms with van der Waals surface area (Å²) in [6.07, 6.45) is 3.12. The number of nitrogens with zero attached hydrogens (tertiary/aromatic N) is 1. The maximum Gasteiger partial charge on any atom is 0.315 e. The third kappa shape index (κ3) is 1.41. The molecule has 1 aromatic rings. The summed E-state index contributed by atoms with van der Waals surface area (Å²) >= 11 is 0. The van der Waals surface area contributed by atoms with E-state index < -0.39 is 11.4 Å². The third-order valence-electron chi connectivity index (χ3n) is 3.11. The minimum Gasteiger partial charge on any atom is -0.481 e. The van der Waals surface area contributed by atoms with Gasteiger partial charge in [-0.3, -0.25) is 9.78 Å². The smallest absolute Gasteiger partial charge is 0.315 e. The van der Waals surface area contributed by atoms with Crippen LogP contribution in [0.5, 0.6) is 0 Å². The van der Waals surface area contributed by atoms with Crippen molar-refractivity contribution in [2.24, 2.45) is 0 Å². The molecule has 0 radical (unpaired) electrons. The first-order valence-corrected chi connectivity index (χ1v) is 4.99. The predicted octanol–water partition coefficient (Wildman–Crippen LogP) is 0.733. The van der Waals surface area contributed by atoms with Gasteiger partial charge in [0.25, 0.3) is 0 Å². The predicted molar refractivity (Wildman–Crippen MR) is 53.6 cm³/mol. The van der Waals surface area contributed by atoms with E-state index in [0.717, 1.165) is 12.0 Å². The van der Waals surface area contributed by atoms with Crippen LogP contribution in [0.4, 0.5) is 0 Å². The van der Waals surface area contributed by atoms with Crippen molar-refractivity contribution in [3.05, 3.63) is 29.6 Å². The minimum absolute atomic E-state index is 0.123. The first kappa shape index (κ1) is 10.1. The van der Waals surface area contributed by atoms with E-state index in [-0.39, 0.29) is 13.0 Å². The van der Waals surface area contributed by atoms with Gasteiger partial charge in [0.2, 0.25) is 0 Å². The summed E-state index contributed by atoms with van der Waals surface area (Å²) in [5.41, 5.74) is 0.658. The van der Waals surface area contributed by atoms with Gasteiger partial charge in [-0.25, -0.2) is 0 Å². The first-order valence-electron chi connectivity index (χ1n) is 4.99. The van der Waals surface area contributed by atoms with Crippen molar-refractivity contribution in [3.63, 3.8) is 0 Å². The topological polar surface area (TPSA) is 70.4 Å². The summed E-state index contributed by atoms with van der Waals surface area (Å²) in [5.74, 6) is -0.881. The van der Waals surface area contributed by atoms with Gasteiger partial charge < -0.3 is 10.2 Å². The van der Waals surface area contributed by atoms with E-state index in [0.29, 0.717) is 12.1 Å². The van der Waals surface area contributed by atoms with Crippen LogP contribution in [-0.2, 0) is 16.6 Å². The molecular formula is C11H13NO3. The number of aliphatic hydroxyl groups is 1. The van der Waals surface area contributed by atoms with Crippen LogP contribution in [0.1, 0.15) is 24.1 Å². The number of hydrogen-bond donors (Lipinski definition) is 2. The van der Waals surface area contributed by atoms with Crippen molar-refractivity contribution in [2.45, 2.75) is 24.7 Å². The normalized spacial score (nSPS) is 23.8. The number of aliphatic carboxylic acids is 1. The molecule has 2 N–H and O–H groups in total. The molecule has 15 heavy (non-hydrogen) atoms. The molecule has 0 fully saturated rings. The maximum atomic E-state index is 11.3. The summed E-state index contributed by atoms with van der Waals surface area (Å²) in [4.78, 5) is 15.5. The van der Waals surface area contributed by atoms with Gasteiger partial charge in [-0.15, -0.1) is 0 Å². The molecule has 1 aliphatic rings. The standard InChI is InChI=1S/C11H13NO3/c13-7-5-11(10(14)15)4-3-8-2-1-6-12-9(8)11/h1-2,6,13H,3-5,7H2,(H,14,15). The van der Waals surface area contributed by atoms with Gasteiger partial charge in [-0.1, -0.05) is 6.07 Å². The summed E-state index contributed by atoms with van der Waals surface area (Å²) in [6, 6.07) is 3.72. The Morgan fingerprint density at radius 2 is 2.40 bits per heavy atom. The van der Waals surface area contributed by atoms with Gasteiger partial charge in [-0.2, -0.15) is 0 Å². The van der Waals surface area contributed by atoms with Crippen LogP contribution in [0.25, 0.3) is 0 Å². The molecule has 0 saturated carbocycles. The van der Waals surface area contributed by atoms with E-state index in [1.54, 1.807) is 6.20 Å². The number of fused-ring (bicyclic) bond motifs is 1. The number of aliphatic hydroxyl groups excluding tert-OH is 1. The van der Waals surface area contributed by atoms with Crippen molar-refractivity contribution < 1.29 is 15.0 Å². The van der Waals surface area contributed by atoms with Crippen molar-refractivity contribution >= 4 is 5.97 Å². The zero-order chi connectivity index (χ0) is 10.9. The van der Waals surface area contributed by atoms with Crippen molar-refractivity contribution in [1.82, 2.24) is 4.98 Å². The zero-order valence-electron chi connectivity index (χ0n) is 8.31. The highest BCUT2D eigenvalue weighted by Crippen LogP contribution is 2.40. The van der Waals surface area contributed by atoms with E-state index in [2.05, 4.69) is 4.98 Å². The summed E-state index contributed by atoms with van der Waals surface area (Å²) in [6.45, 7) is -0.123. The molecule has 0 bridgehead atoms. The number of carboxylic acids is 1. The molecule has 1 atom stereocenters. The number of carbonyl (C=O) groups is 1. The Bertz CT molecular complexity index is 387. The van der Waals surface area contributed by atoms with Crippen LogP contribution in [0.2, 0.25) is 0 Å². The summed E-state index contributed by atoms with van der Waals surface area (Å²) < 4.78 is 0. The van der Waals surface area contributed by atoms with Crippen molar-refractivity contribution in [1.29, 1.82) is 0 Å². The van der Waals surface area contributed by atoms with E-state index in [4.69, 9.17) is 5.11 Å². The molecule has 80 valence electrons. The van der Waals surface area contributed by atoms with E-state index >= 15 is 0 Å². The Hall–Kier alpha value is -1.42. The molecule has 1 heterocycles. The van der Waals surface area contributed by atoms with Crippen molar-refractivity contribution in [3.8, 4) is 0 Å². The molecule has 4 heteroatoms. The second kappa shape index (κ2) is 3.62. The third-order valence-corrected chi connectivity index (χ3v) is 3.11. The second-order valence-corrected chi connectivity index (χ2v) is 3.87. The fourth-order valence-corrected chi connectivity index (χ4v) is 2.29. The monoisotopic (exact) mass is 207 g/mol. The Morgan fingerprint density at radius 3 is 3.07 bits per heavy atom. The molecule has 0 spiro atoms. The second-order valence-electron chi connectivity index (χ2n) is 3.87. The Kier molecular flexibility index (Phi) is 2.44. The maximum absolute atomic E-state index is 11.3. The van der Waals surface area contributed by atoms with Gasteiger partial charge >= 0.3 is 5.97 Å². The summed E-state index contributed by atoms with van der Waals surface area (Å²) in [5, 5.41) is 18.3. The molecular weight excluding hydrogens is 194 g/mol. The average Bonchev–Trinajstić information content (AvgIpc) is 2.60. The zero-order valence-corrected chi connectivity index (χ0v) is 8.31. The largest absolute Gasteiger partial charge is 0.481 e. The number of rotatable bonds is 3. The minimum atomic E-state index is -0.967. The van der Waals surface area contributed by atoms with Crippen LogP contribution in [0.3, 0.4) is 0 Å². The van der Waals surface area contributed by atoms with E-state index in [1.807, 2.05) is 12.1 Å².